The summed E-state index contributed by atoms with van der Waals surface area (Å²) in [5.74, 6) is 0.263. The number of nitrogens with one attached hydrogen (secondary N) is 1. The molecule has 0 heterocycles. The van der Waals surface area contributed by atoms with Gasteiger partial charge in [0.2, 0.25) is 0 Å². The van der Waals surface area contributed by atoms with Gasteiger partial charge in [0.25, 0.3) is 0 Å². The van der Waals surface area contributed by atoms with Gasteiger partial charge in [-0.25, -0.2) is 4.39 Å². The van der Waals surface area contributed by atoms with Crippen molar-refractivity contribution in [3.05, 3.63) is 34.1 Å². The number of hydrogen-bond acceptors (Lipinski definition) is 2. The van der Waals surface area contributed by atoms with Crippen molar-refractivity contribution in [3.8, 4) is 0 Å². The lowest BCUT2D eigenvalue weighted by atomic mass is 9.99. The van der Waals surface area contributed by atoms with E-state index in [2.05, 4.69) is 28.2 Å². The fourth-order valence-corrected chi connectivity index (χ4v) is 2.58. The van der Waals surface area contributed by atoms with E-state index < -0.39 is 0 Å². The zero-order chi connectivity index (χ0) is 14.3. The zero-order valence-corrected chi connectivity index (χ0v) is 13.2. The lowest BCUT2D eigenvalue weighted by Crippen LogP contribution is -2.27. The minimum atomic E-state index is -0.191. The average molecular weight is 332 g/mol. The Morgan fingerprint density at radius 1 is 1.37 bits per heavy atom. The molecule has 1 aromatic rings. The second-order valence-corrected chi connectivity index (χ2v) is 5.88. The molecule has 2 N–H and O–H groups in total. The van der Waals surface area contributed by atoms with Gasteiger partial charge in [0.05, 0.1) is 0 Å². The minimum Gasteiger partial charge on any atom is -0.396 e. The summed E-state index contributed by atoms with van der Waals surface area (Å²) >= 11 is 3.26. The van der Waals surface area contributed by atoms with Crippen molar-refractivity contribution in [2.45, 2.75) is 39.2 Å². The Kier molecular flexibility index (Phi) is 7.57. The molecule has 0 fully saturated rings. The predicted octanol–water partition coefficient (Wildman–Crippen LogP) is 4.04. The molecule has 0 spiro atoms. The molecule has 108 valence electrons. The fourth-order valence-electron chi connectivity index (χ4n) is 2.25. The summed E-state index contributed by atoms with van der Waals surface area (Å²) < 4.78 is 14.6. The Hall–Kier alpha value is -0.450. The number of aliphatic hydroxyl groups is 1. The molecule has 0 amide bonds. The van der Waals surface area contributed by atoms with Gasteiger partial charge in [-0.2, -0.15) is 0 Å². The van der Waals surface area contributed by atoms with Gasteiger partial charge in [0, 0.05) is 22.7 Å². The summed E-state index contributed by atoms with van der Waals surface area (Å²) in [6, 6.07) is 5.13. The second kappa shape index (κ2) is 8.67. The highest BCUT2D eigenvalue weighted by atomic mass is 79.9. The third-order valence-electron chi connectivity index (χ3n) is 3.38. The predicted molar refractivity (Wildman–Crippen MR) is 80.6 cm³/mol. The molecule has 4 heteroatoms. The Bertz CT molecular complexity index is 380. The van der Waals surface area contributed by atoms with Gasteiger partial charge in [-0.05, 0) is 44.4 Å². The first-order chi connectivity index (χ1) is 9.08. The van der Waals surface area contributed by atoms with Crippen LogP contribution in [0, 0.1) is 11.7 Å². The van der Waals surface area contributed by atoms with Crippen LogP contribution in [0.5, 0.6) is 0 Å². The maximum Gasteiger partial charge on any atom is 0.129 e. The molecule has 19 heavy (non-hydrogen) atoms. The quantitative estimate of drug-likeness (QED) is 0.753. The molecule has 0 aromatic heterocycles. The van der Waals surface area contributed by atoms with Crippen LogP contribution in [0.1, 0.15) is 44.7 Å². The van der Waals surface area contributed by atoms with Crippen LogP contribution in [0.25, 0.3) is 0 Å². The highest BCUT2D eigenvalue weighted by Gasteiger charge is 2.13. The summed E-state index contributed by atoms with van der Waals surface area (Å²) in [6.45, 7) is 5.13. The highest BCUT2D eigenvalue weighted by Crippen LogP contribution is 2.21. The molecule has 1 aromatic carbocycles. The van der Waals surface area contributed by atoms with Crippen LogP contribution in [0.3, 0.4) is 0 Å². The topological polar surface area (TPSA) is 32.3 Å². The third kappa shape index (κ3) is 5.59. The molecule has 0 bridgehead atoms. The van der Waals surface area contributed by atoms with E-state index in [1.807, 2.05) is 13.0 Å². The number of hydrogen-bond donors (Lipinski definition) is 2. The largest absolute Gasteiger partial charge is 0.396 e. The van der Waals surface area contributed by atoms with Crippen LogP contribution in [-0.4, -0.2) is 18.3 Å². The van der Waals surface area contributed by atoms with Crippen LogP contribution in [0.2, 0.25) is 0 Å². The van der Waals surface area contributed by atoms with Gasteiger partial charge in [-0.3, -0.25) is 0 Å². The molecule has 0 aliphatic carbocycles. The molecule has 0 saturated carbocycles. The number of aliphatic hydroxyl groups excluding tert-OH is 1. The van der Waals surface area contributed by atoms with Crippen LogP contribution < -0.4 is 5.32 Å². The van der Waals surface area contributed by atoms with Crippen molar-refractivity contribution in [2.75, 3.05) is 13.2 Å². The van der Waals surface area contributed by atoms with E-state index in [9.17, 15) is 4.39 Å². The van der Waals surface area contributed by atoms with Gasteiger partial charge >= 0.3 is 0 Å². The van der Waals surface area contributed by atoms with Crippen LogP contribution in [-0.2, 0) is 0 Å². The Balaban J connectivity index is 2.55. The lowest BCUT2D eigenvalue weighted by Gasteiger charge is -2.20. The summed E-state index contributed by atoms with van der Waals surface area (Å²) in [4.78, 5) is 0. The molecule has 1 rings (SSSR count). The molecule has 2 unspecified atom stereocenters. The number of benzene rings is 1. The first-order valence-electron chi connectivity index (χ1n) is 6.87. The smallest absolute Gasteiger partial charge is 0.129 e. The van der Waals surface area contributed by atoms with Crippen molar-refractivity contribution in [1.82, 2.24) is 5.32 Å². The van der Waals surface area contributed by atoms with Crippen LogP contribution >= 0.6 is 15.9 Å². The molecule has 2 nitrogen and oxygen atoms in total. The van der Waals surface area contributed by atoms with E-state index in [0.29, 0.717) is 11.5 Å². The summed E-state index contributed by atoms with van der Waals surface area (Å²) in [6.07, 6.45) is 2.99. The number of rotatable bonds is 8. The Labute approximate surface area is 123 Å². The normalized spacial score (nSPS) is 14.4. The number of halogens is 2. The SMILES string of the molecule is CCCC(CCO)CNC(C)c1ccc(Br)cc1F. The monoisotopic (exact) mass is 331 g/mol. The van der Waals surface area contributed by atoms with E-state index >= 15 is 0 Å². The van der Waals surface area contributed by atoms with E-state index in [-0.39, 0.29) is 18.5 Å². The molecular weight excluding hydrogens is 309 g/mol. The van der Waals surface area contributed by atoms with Crippen LogP contribution in [0.15, 0.2) is 22.7 Å². The van der Waals surface area contributed by atoms with Crippen molar-refractivity contribution in [2.24, 2.45) is 5.92 Å². The molecule has 0 aliphatic heterocycles. The summed E-state index contributed by atoms with van der Waals surface area (Å²) in [5, 5.41) is 12.4. The fraction of sp³-hybridized carbons (Fsp3) is 0.600. The van der Waals surface area contributed by atoms with Gasteiger partial charge in [0.15, 0.2) is 0 Å². The van der Waals surface area contributed by atoms with Crippen molar-refractivity contribution in [3.63, 3.8) is 0 Å². The van der Waals surface area contributed by atoms with Crippen LogP contribution in [0.4, 0.5) is 4.39 Å². The molecule has 2 atom stereocenters. The molecule has 0 radical (unpaired) electrons. The van der Waals surface area contributed by atoms with E-state index in [1.165, 1.54) is 6.07 Å². The summed E-state index contributed by atoms with van der Waals surface area (Å²) in [5.41, 5.74) is 0.683. The summed E-state index contributed by atoms with van der Waals surface area (Å²) in [7, 11) is 0. The molecule has 0 saturated heterocycles. The standard InChI is InChI=1S/C15H23BrFNO/c1-3-4-12(7-8-19)10-18-11(2)14-6-5-13(16)9-15(14)17/h5-6,9,11-12,18-19H,3-4,7-8,10H2,1-2H3. The lowest BCUT2D eigenvalue weighted by molar-refractivity contribution is 0.245. The van der Waals surface area contributed by atoms with E-state index in [0.717, 1.165) is 30.3 Å². The Morgan fingerprint density at radius 2 is 2.11 bits per heavy atom. The second-order valence-electron chi connectivity index (χ2n) is 4.96. The average Bonchev–Trinajstić information content (AvgIpc) is 2.36. The van der Waals surface area contributed by atoms with E-state index in [4.69, 9.17) is 5.11 Å². The van der Waals surface area contributed by atoms with Crippen molar-refractivity contribution >= 4 is 15.9 Å². The van der Waals surface area contributed by atoms with E-state index in [1.54, 1.807) is 6.07 Å². The molecular formula is C15H23BrFNO. The maximum atomic E-state index is 13.8. The third-order valence-corrected chi connectivity index (χ3v) is 3.87. The van der Waals surface area contributed by atoms with Crippen molar-refractivity contribution in [1.29, 1.82) is 0 Å². The van der Waals surface area contributed by atoms with Crippen molar-refractivity contribution < 1.29 is 9.50 Å². The Morgan fingerprint density at radius 3 is 2.68 bits per heavy atom. The zero-order valence-electron chi connectivity index (χ0n) is 11.6. The van der Waals surface area contributed by atoms with Gasteiger partial charge in [-0.15, -0.1) is 0 Å². The minimum absolute atomic E-state index is 0.0221. The first-order valence-corrected chi connectivity index (χ1v) is 7.67. The first kappa shape index (κ1) is 16.6. The van der Waals surface area contributed by atoms with Gasteiger partial charge in [0.1, 0.15) is 5.82 Å². The maximum absolute atomic E-state index is 13.8. The molecule has 0 aliphatic rings. The highest BCUT2D eigenvalue weighted by molar-refractivity contribution is 9.10. The van der Waals surface area contributed by atoms with Gasteiger partial charge in [-0.1, -0.05) is 35.3 Å². The van der Waals surface area contributed by atoms with Gasteiger partial charge < -0.3 is 10.4 Å².